The molecule has 0 saturated heterocycles. The highest BCUT2D eigenvalue weighted by molar-refractivity contribution is 14.1. The van der Waals surface area contributed by atoms with Gasteiger partial charge in [-0.3, -0.25) is 0 Å². The van der Waals surface area contributed by atoms with E-state index >= 15 is 0 Å². The number of thiazole rings is 1. The van der Waals surface area contributed by atoms with Gasteiger partial charge in [-0.15, -0.1) is 11.3 Å². The van der Waals surface area contributed by atoms with E-state index in [2.05, 4.69) is 45.0 Å². The molecule has 1 aromatic heterocycles. The molecule has 1 heterocycles. The SMILES string of the molecule is Ic1cccc(Nc2nccs2)c1. The molecule has 1 N–H and O–H groups in total. The second-order valence-corrected chi connectivity index (χ2v) is 4.61. The van der Waals surface area contributed by atoms with Gasteiger partial charge in [0.15, 0.2) is 5.13 Å². The van der Waals surface area contributed by atoms with Crippen LogP contribution in [0.4, 0.5) is 10.8 Å². The third-order valence-corrected chi connectivity index (χ3v) is 2.87. The lowest BCUT2D eigenvalue weighted by molar-refractivity contribution is 1.39. The summed E-state index contributed by atoms with van der Waals surface area (Å²) in [6.07, 6.45) is 1.79. The average Bonchev–Trinajstić information content (AvgIpc) is 2.57. The first kappa shape index (κ1) is 8.96. The van der Waals surface area contributed by atoms with Gasteiger partial charge < -0.3 is 5.32 Å². The molecule has 0 aliphatic rings. The van der Waals surface area contributed by atoms with Crippen molar-refractivity contribution in [2.75, 3.05) is 5.32 Å². The third kappa shape index (κ3) is 2.41. The molecule has 0 fully saturated rings. The number of halogens is 1. The Labute approximate surface area is 94.2 Å². The van der Waals surface area contributed by atoms with Crippen LogP contribution in [-0.4, -0.2) is 4.98 Å². The Morgan fingerprint density at radius 1 is 1.38 bits per heavy atom. The van der Waals surface area contributed by atoms with Crippen LogP contribution in [0, 0.1) is 3.57 Å². The van der Waals surface area contributed by atoms with Gasteiger partial charge in [0.2, 0.25) is 0 Å². The van der Waals surface area contributed by atoms with Crippen LogP contribution < -0.4 is 5.32 Å². The summed E-state index contributed by atoms with van der Waals surface area (Å²) < 4.78 is 1.22. The molecule has 0 aliphatic heterocycles. The van der Waals surface area contributed by atoms with E-state index in [0.717, 1.165) is 10.8 Å². The molecule has 66 valence electrons. The summed E-state index contributed by atoms with van der Waals surface area (Å²) in [6, 6.07) is 8.21. The topological polar surface area (TPSA) is 24.9 Å². The Morgan fingerprint density at radius 3 is 3.00 bits per heavy atom. The Bertz CT molecular complexity index is 386. The molecular weight excluding hydrogens is 295 g/mol. The maximum absolute atomic E-state index is 4.15. The minimum atomic E-state index is 0.932. The van der Waals surface area contributed by atoms with Crippen LogP contribution in [0.1, 0.15) is 0 Å². The Kier molecular flexibility index (Phi) is 2.80. The minimum Gasteiger partial charge on any atom is -0.332 e. The van der Waals surface area contributed by atoms with E-state index < -0.39 is 0 Å². The van der Waals surface area contributed by atoms with Crippen LogP contribution in [0.15, 0.2) is 35.8 Å². The highest BCUT2D eigenvalue weighted by atomic mass is 127. The molecule has 0 spiro atoms. The van der Waals surface area contributed by atoms with Crippen LogP contribution in [-0.2, 0) is 0 Å². The summed E-state index contributed by atoms with van der Waals surface area (Å²) in [5.74, 6) is 0. The van der Waals surface area contributed by atoms with Crippen LogP contribution >= 0.6 is 33.9 Å². The number of aromatic nitrogens is 1. The molecular formula is C9H7IN2S. The first-order chi connectivity index (χ1) is 6.34. The number of nitrogens with zero attached hydrogens (tertiary/aromatic N) is 1. The summed E-state index contributed by atoms with van der Waals surface area (Å²) in [5, 5.41) is 6.11. The summed E-state index contributed by atoms with van der Waals surface area (Å²) in [7, 11) is 0. The van der Waals surface area contributed by atoms with E-state index in [0.29, 0.717) is 0 Å². The van der Waals surface area contributed by atoms with Gasteiger partial charge >= 0.3 is 0 Å². The number of benzene rings is 1. The second-order valence-electron chi connectivity index (χ2n) is 2.47. The molecule has 0 bridgehead atoms. The molecule has 0 radical (unpaired) electrons. The van der Waals surface area contributed by atoms with Crippen molar-refractivity contribution in [2.45, 2.75) is 0 Å². The van der Waals surface area contributed by atoms with Crippen molar-refractivity contribution in [3.05, 3.63) is 39.4 Å². The number of hydrogen-bond donors (Lipinski definition) is 1. The number of hydrogen-bond acceptors (Lipinski definition) is 3. The van der Waals surface area contributed by atoms with E-state index in [1.54, 1.807) is 17.5 Å². The van der Waals surface area contributed by atoms with Gasteiger partial charge in [0, 0.05) is 20.8 Å². The predicted molar refractivity (Wildman–Crippen MR) is 64.6 cm³/mol. The number of anilines is 2. The van der Waals surface area contributed by atoms with Crippen LogP contribution in [0.25, 0.3) is 0 Å². The first-order valence-corrected chi connectivity index (χ1v) is 5.72. The second kappa shape index (κ2) is 4.06. The standard InChI is InChI=1S/C9H7IN2S/c10-7-2-1-3-8(6-7)12-9-11-4-5-13-9/h1-6H,(H,11,12). The van der Waals surface area contributed by atoms with Crippen molar-refractivity contribution >= 4 is 44.7 Å². The Hall–Kier alpha value is -0.620. The molecule has 2 nitrogen and oxygen atoms in total. The van der Waals surface area contributed by atoms with Gasteiger partial charge in [-0.1, -0.05) is 6.07 Å². The van der Waals surface area contributed by atoms with Gasteiger partial charge in [-0.25, -0.2) is 4.98 Å². The fourth-order valence-corrected chi connectivity index (χ4v) is 2.07. The average molecular weight is 302 g/mol. The Morgan fingerprint density at radius 2 is 2.31 bits per heavy atom. The molecule has 0 aliphatic carbocycles. The molecule has 0 atom stereocenters. The zero-order chi connectivity index (χ0) is 9.10. The summed E-state index contributed by atoms with van der Waals surface area (Å²) in [5.41, 5.74) is 1.09. The van der Waals surface area contributed by atoms with Gasteiger partial charge in [0.1, 0.15) is 0 Å². The summed E-state index contributed by atoms with van der Waals surface area (Å²) in [6.45, 7) is 0. The monoisotopic (exact) mass is 302 g/mol. The van der Waals surface area contributed by atoms with E-state index in [4.69, 9.17) is 0 Å². The lowest BCUT2D eigenvalue weighted by atomic mass is 10.3. The lowest BCUT2D eigenvalue weighted by Crippen LogP contribution is -1.88. The zero-order valence-corrected chi connectivity index (χ0v) is 9.67. The molecule has 2 rings (SSSR count). The van der Waals surface area contributed by atoms with E-state index in [-0.39, 0.29) is 0 Å². The molecule has 0 saturated carbocycles. The fraction of sp³-hybridized carbons (Fsp3) is 0. The molecule has 0 amide bonds. The number of nitrogens with one attached hydrogen (secondary N) is 1. The molecule has 4 heteroatoms. The fourth-order valence-electron chi connectivity index (χ4n) is 0.975. The largest absolute Gasteiger partial charge is 0.332 e. The molecule has 0 unspecified atom stereocenters. The van der Waals surface area contributed by atoms with Crippen molar-refractivity contribution in [2.24, 2.45) is 0 Å². The van der Waals surface area contributed by atoms with Gasteiger partial charge in [-0.2, -0.15) is 0 Å². The van der Waals surface area contributed by atoms with Crippen molar-refractivity contribution < 1.29 is 0 Å². The van der Waals surface area contributed by atoms with E-state index in [1.807, 2.05) is 17.5 Å². The summed E-state index contributed by atoms with van der Waals surface area (Å²) in [4.78, 5) is 4.15. The Balaban J connectivity index is 2.19. The van der Waals surface area contributed by atoms with Gasteiger partial charge in [-0.05, 0) is 40.8 Å². The van der Waals surface area contributed by atoms with Crippen LogP contribution in [0.2, 0.25) is 0 Å². The zero-order valence-electron chi connectivity index (χ0n) is 6.70. The maximum atomic E-state index is 4.15. The lowest BCUT2D eigenvalue weighted by Gasteiger charge is -2.01. The molecule has 13 heavy (non-hydrogen) atoms. The van der Waals surface area contributed by atoms with E-state index in [1.165, 1.54) is 3.57 Å². The smallest absolute Gasteiger partial charge is 0.187 e. The van der Waals surface area contributed by atoms with E-state index in [9.17, 15) is 0 Å². The van der Waals surface area contributed by atoms with Gasteiger partial charge in [0.05, 0.1) is 0 Å². The minimum absolute atomic E-state index is 0.932. The van der Waals surface area contributed by atoms with Crippen molar-refractivity contribution in [3.8, 4) is 0 Å². The highest BCUT2D eigenvalue weighted by Crippen LogP contribution is 2.19. The normalized spacial score (nSPS) is 9.92. The summed E-state index contributed by atoms with van der Waals surface area (Å²) >= 11 is 3.89. The van der Waals surface area contributed by atoms with Crippen molar-refractivity contribution in [3.63, 3.8) is 0 Å². The highest BCUT2D eigenvalue weighted by Gasteiger charge is 1.95. The predicted octanol–water partition coefficient (Wildman–Crippen LogP) is 3.49. The molecule has 1 aromatic carbocycles. The van der Waals surface area contributed by atoms with Gasteiger partial charge in [0.25, 0.3) is 0 Å². The number of rotatable bonds is 2. The van der Waals surface area contributed by atoms with Crippen LogP contribution in [0.5, 0.6) is 0 Å². The first-order valence-electron chi connectivity index (χ1n) is 3.77. The quantitative estimate of drug-likeness (QED) is 0.859. The van der Waals surface area contributed by atoms with Crippen molar-refractivity contribution in [1.29, 1.82) is 0 Å². The maximum Gasteiger partial charge on any atom is 0.187 e. The van der Waals surface area contributed by atoms with Crippen molar-refractivity contribution in [1.82, 2.24) is 4.98 Å². The molecule has 2 aromatic rings. The van der Waals surface area contributed by atoms with Crippen LogP contribution in [0.3, 0.4) is 0 Å². The third-order valence-electron chi connectivity index (χ3n) is 1.51.